The SMILES string of the molecule is CCC(Oc1c(Br)cc(CNC(C)C)cc1OC)C(N)=O. The van der Waals surface area contributed by atoms with E-state index >= 15 is 0 Å². The largest absolute Gasteiger partial charge is 0.493 e. The third-order valence-corrected chi connectivity index (χ3v) is 3.54. The number of nitrogens with one attached hydrogen (secondary N) is 1. The van der Waals surface area contributed by atoms with Crippen molar-refractivity contribution in [1.82, 2.24) is 5.32 Å². The molecule has 0 aliphatic carbocycles. The summed E-state index contributed by atoms with van der Waals surface area (Å²) >= 11 is 3.47. The molecular formula is C15H23BrN2O3. The predicted octanol–water partition coefficient (Wildman–Crippen LogP) is 2.60. The van der Waals surface area contributed by atoms with Crippen LogP contribution in [-0.4, -0.2) is 25.2 Å². The minimum absolute atomic E-state index is 0.394. The maximum absolute atomic E-state index is 11.3. The lowest BCUT2D eigenvalue weighted by atomic mass is 10.2. The normalized spacial score (nSPS) is 12.3. The molecule has 1 amide bonds. The number of halogens is 1. The molecular weight excluding hydrogens is 336 g/mol. The van der Waals surface area contributed by atoms with Gasteiger partial charge in [-0.3, -0.25) is 4.79 Å². The fourth-order valence-corrected chi connectivity index (χ4v) is 2.38. The highest BCUT2D eigenvalue weighted by atomic mass is 79.9. The predicted molar refractivity (Wildman–Crippen MR) is 86.6 cm³/mol. The molecule has 118 valence electrons. The Kier molecular flexibility index (Phi) is 6.98. The van der Waals surface area contributed by atoms with Crippen LogP contribution in [-0.2, 0) is 11.3 Å². The van der Waals surface area contributed by atoms with Gasteiger partial charge >= 0.3 is 0 Å². The number of ether oxygens (including phenoxy) is 2. The number of benzene rings is 1. The molecule has 21 heavy (non-hydrogen) atoms. The molecule has 0 aliphatic rings. The average molecular weight is 359 g/mol. The Morgan fingerprint density at radius 3 is 2.57 bits per heavy atom. The van der Waals surface area contributed by atoms with Crippen LogP contribution in [0.5, 0.6) is 11.5 Å². The molecule has 0 bridgehead atoms. The first kappa shape index (κ1) is 17.8. The zero-order valence-electron chi connectivity index (χ0n) is 12.9. The van der Waals surface area contributed by atoms with E-state index in [1.807, 2.05) is 19.1 Å². The molecule has 0 spiro atoms. The molecule has 6 heteroatoms. The summed E-state index contributed by atoms with van der Waals surface area (Å²) in [5.74, 6) is 0.582. The van der Waals surface area contributed by atoms with Crippen molar-refractivity contribution in [1.29, 1.82) is 0 Å². The van der Waals surface area contributed by atoms with Gasteiger partial charge in [0.05, 0.1) is 11.6 Å². The van der Waals surface area contributed by atoms with Crippen LogP contribution in [0.1, 0.15) is 32.8 Å². The number of methoxy groups -OCH3 is 1. The quantitative estimate of drug-likeness (QED) is 0.748. The van der Waals surface area contributed by atoms with Gasteiger partial charge in [0, 0.05) is 12.6 Å². The van der Waals surface area contributed by atoms with Crippen LogP contribution in [0, 0.1) is 0 Å². The number of carbonyl (C=O) groups excluding carboxylic acids is 1. The van der Waals surface area contributed by atoms with Gasteiger partial charge in [0.2, 0.25) is 0 Å². The number of carbonyl (C=O) groups is 1. The zero-order chi connectivity index (χ0) is 16.0. The smallest absolute Gasteiger partial charge is 0.258 e. The van der Waals surface area contributed by atoms with Crippen molar-refractivity contribution in [2.24, 2.45) is 5.73 Å². The van der Waals surface area contributed by atoms with E-state index in [0.717, 1.165) is 16.6 Å². The van der Waals surface area contributed by atoms with E-state index in [4.69, 9.17) is 15.2 Å². The van der Waals surface area contributed by atoms with E-state index in [1.165, 1.54) is 0 Å². The lowest BCUT2D eigenvalue weighted by Crippen LogP contribution is -2.33. The van der Waals surface area contributed by atoms with Crippen LogP contribution in [0.4, 0.5) is 0 Å². The van der Waals surface area contributed by atoms with Crippen molar-refractivity contribution in [3.8, 4) is 11.5 Å². The second-order valence-corrected chi connectivity index (χ2v) is 5.92. The Hall–Kier alpha value is -1.27. The number of primary amides is 1. The van der Waals surface area contributed by atoms with Gasteiger partial charge in [-0.15, -0.1) is 0 Å². The average Bonchev–Trinajstić information content (AvgIpc) is 2.42. The Balaban J connectivity index is 3.01. The van der Waals surface area contributed by atoms with Gasteiger partial charge in [-0.2, -0.15) is 0 Å². The Labute approximate surface area is 134 Å². The summed E-state index contributed by atoms with van der Waals surface area (Å²) < 4.78 is 11.8. The first-order valence-electron chi connectivity index (χ1n) is 6.94. The summed E-state index contributed by atoms with van der Waals surface area (Å²) in [6, 6.07) is 4.23. The van der Waals surface area contributed by atoms with Crippen LogP contribution >= 0.6 is 15.9 Å². The molecule has 1 aromatic carbocycles. The van der Waals surface area contributed by atoms with E-state index in [-0.39, 0.29) is 0 Å². The molecule has 1 rings (SSSR count). The first-order chi connectivity index (χ1) is 9.88. The Bertz CT molecular complexity index is 492. The van der Waals surface area contributed by atoms with Gasteiger partial charge in [0.25, 0.3) is 5.91 Å². The number of amides is 1. The molecule has 0 aromatic heterocycles. The Morgan fingerprint density at radius 1 is 1.43 bits per heavy atom. The molecule has 3 N–H and O–H groups in total. The van der Waals surface area contributed by atoms with Crippen LogP contribution in [0.25, 0.3) is 0 Å². The summed E-state index contributed by atoms with van der Waals surface area (Å²) in [6.45, 7) is 6.74. The molecule has 0 heterocycles. The third-order valence-electron chi connectivity index (χ3n) is 2.95. The van der Waals surface area contributed by atoms with Gasteiger partial charge in [-0.05, 0) is 40.0 Å². The second kappa shape index (κ2) is 8.24. The number of hydrogen-bond donors (Lipinski definition) is 2. The van der Waals surface area contributed by atoms with Crippen molar-refractivity contribution in [2.75, 3.05) is 7.11 Å². The third kappa shape index (κ3) is 5.21. The number of hydrogen-bond acceptors (Lipinski definition) is 4. The highest BCUT2D eigenvalue weighted by molar-refractivity contribution is 9.10. The molecule has 0 fully saturated rings. The van der Waals surface area contributed by atoms with Crippen molar-refractivity contribution >= 4 is 21.8 Å². The summed E-state index contributed by atoms with van der Waals surface area (Å²) in [4.78, 5) is 11.3. The van der Waals surface area contributed by atoms with Crippen LogP contribution in [0.2, 0.25) is 0 Å². The van der Waals surface area contributed by atoms with E-state index in [1.54, 1.807) is 7.11 Å². The van der Waals surface area contributed by atoms with Crippen LogP contribution < -0.4 is 20.5 Å². The highest BCUT2D eigenvalue weighted by Gasteiger charge is 2.20. The van der Waals surface area contributed by atoms with E-state index < -0.39 is 12.0 Å². The molecule has 0 radical (unpaired) electrons. The highest BCUT2D eigenvalue weighted by Crippen LogP contribution is 2.37. The molecule has 1 unspecified atom stereocenters. The fourth-order valence-electron chi connectivity index (χ4n) is 1.80. The van der Waals surface area contributed by atoms with Gasteiger partial charge in [0.15, 0.2) is 17.6 Å². The van der Waals surface area contributed by atoms with E-state index in [2.05, 4.69) is 35.1 Å². The van der Waals surface area contributed by atoms with Gasteiger partial charge in [-0.25, -0.2) is 0 Å². The maximum Gasteiger partial charge on any atom is 0.258 e. The van der Waals surface area contributed by atoms with Gasteiger partial charge in [0.1, 0.15) is 0 Å². The topological polar surface area (TPSA) is 73.6 Å². The van der Waals surface area contributed by atoms with Crippen molar-refractivity contribution in [3.05, 3.63) is 22.2 Å². The van der Waals surface area contributed by atoms with Crippen LogP contribution in [0.15, 0.2) is 16.6 Å². The lowest BCUT2D eigenvalue weighted by Gasteiger charge is -2.19. The summed E-state index contributed by atoms with van der Waals surface area (Å²) in [5.41, 5.74) is 6.38. The Morgan fingerprint density at radius 2 is 2.10 bits per heavy atom. The summed E-state index contributed by atoms with van der Waals surface area (Å²) in [7, 11) is 1.57. The van der Waals surface area contributed by atoms with Crippen molar-refractivity contribution in [3.63, 3.8) is 0 Å². The van der Waals surface area contributed by atoms with Crippen molar-refractivity contribution in [2.45, 2.75) is 45.9 Å². The number of rotatable bonds is 8. The van der Waals surface area contributed by atoms with E-state index in [0.29, 0.717) is 24.0 Å². The van der Waals surface area contributed by atoms with Gasteiger partial charge in [-0.1, -0.05) is 20.8 Å². The molecule has 5 nitrogen and oxygen atoms in total. The molecule has 0 aliphatic heterocycles. The summed E-state index contributed by atoms with van der Waals surface area (Å²) in [6.07, 6.45) is -0.170. The van der Waals surface area contributed by atoms with Crippen LogP contribution in [0.3, 0.4) is 0 Å². The molecule has 0 saturated carbocycles. The monoisotopic (exact) mass is 358 g/mol. The lowest BCUT2D eigenvalue weighted by molar-refractivity contribution is -0.124. The van der Waals surface area contributed by atoms with E-state index in [9.17, 15) is 4.79 Å². The number of nitrogens with two attached hydrogens (primary N) is 1. The fraction of sp³-hybridized carbons (Fsp3) is 0.533. The summed E-state index contributed by atoms with van der Waals surface area (Å²) in [5, 5.41) is 3.34. The standard InChI is InChI=1S/C15H23BrN2O3/c1-5-12(15(17)19)21-14-11(16)6-10(7-13(14)20-4)8-18-9(2)3/h6-7,9,12,18H,5,8H2,1-4H3,(H2,17,19). The zero-order valence-corrected chi connectivity index (χ0v) is 14.5. The minimum Gasteiger partial charge on any atom is -0.493 e. The second-order valence-electron chi connectivity index (χ2n) is 5.06. The molecule has 0 saturated heterocycles. The van der Waals surface area contributed by atoms with Gasteiger partial charge < -0.3 is 20.5 Å². The first-order valence-corrected chi connectivity index (χ1v) is 7.74. The maximum atomic E-state index is 11.3. The molecule has 1 atom stereocenters. The minimum atomic E-state index is -0.671. The van der Waals surface area contributed by atoms with Crippen molar-refractivity contribution < 1.29 is 14.3 Å². The molecule has 1 aromatic rings.